The van der Waals surface area contributed by atoms with Crippen LogP contribution in [0.1, 0.15) is 24.1 Å². The number of nitrogens with zero attached hydrogens (tertiary/aromatic N) is 2. The van der Waals surface area contributed by atoms with Crippen molar-refractivity contribution >= 4 is 5.69 Å². The molecule has 0 fully saturated rings. The Morgan fingerprint density at radius 2 is 2.10 bits per heavy atom. The molecule has 2 N–H and O–H groups in total. The summed E-state index contributed by atoms with van der Waals surface area (Å²) in [5.41, 5.74) is 7.42. The minimum atomic E-state index is -0.459. The standard InChI is InChI=1S/C14H15N3O3/c1-9-3-5-12(17(18)19)7-13(9)20-14-6-4-11(8-16-14)10(2)15/h3-8,10H,15H2,1-2H3. The molecular formula is C14H15N3O3. The molecule has 2 rings (SSSR count). The van der Waals surface area contributed by atoms with E-state index in [9.17, 15) is 10.1 Å². The predicted molar refractivity (Wildman–Crippen MR) is 74.7 cm³/mol. The molecule has 1 aromatic heterocycles. The maximum atomic E-state index is 10.8. The summed E-state index contributed by atoms with van der Waals surface area (Å²) in [5.74, 6) is 0.790. The molecule has 0 aliphatic carbocycles. The number of aromatic nitrogens is 1. The highest BCUT2D eigenvalue weighted by atomic mass is 16.6. The summed E-state index contributed by atoms with van der Waals surface area (Å²) in [4.78, 5) is 14.4. The largest absolute Gasteiger partial charge is 0.439 e. The molecule has 1 aromatic carbocycles. The molecule has 0 aliphatic heterocycles. The summed E-state index contributed by atoms with van der Waals surface area (Å²) in [5, 5.41) is 10.8. The molecule has 104 valence electrons. The maximum absolute atomic E-state index is 10.8. The smallest absolute Gasteiger partial charge is 0.273 e. The monoisotopic (exact) mass is 273 g/mol. The van der Waals surface area contributed by atoms with Gasteiger partial charge in [-0.3, -0.25) is 10.1 Å². The van der Waals surface area contributed by atoms with Gasteiger partial charge < -0.3 is 10.5 Å². The molecule has 6 heteroatoms. The van der Waals surface area contributed by atoms with E-state index in [-0.39, 0.29) is 11.7 Å². The lowest BCUT2D eigenvalue weighted by Crippen LogP contribution is -2.05. The number of benzene rings is 1. The average Bonchev–Trinajstić information content (AvgIpc) is 2.41. The normalized spacial score (nSPS) is 11.9. The minimum Gasteiger partial charge on any atom is -0.439 e. The van der Waals surface area contributed by atoms with Gasteiger partial charge in [-0.1, -0.05) is 6.07 Å². The van der Waals surface area contributed by atoms with Gasteiger partial charge in [0.25, 0.3) is 5.69 Å². The number of ether oxygens (including phenoxy) is 1. The minimum absolute atomic E-state index is 0.0159. The third-order valence-corrected chi connectivity index (χ3v) is 2.88. The van der Waals surface area contributed by atoms with Crippen LogP contribution in [0.3, 0.4) is 0 Å². The molecule has 6 nitrogen and oxygen atoms in total. The second-order valence-corrected chi connectivity index (χ2v) is 4.53. The fourth-order valence-corrected chi connectivity index (χ4v) is 1.65. The second-order valence-electron chi connectivity index (χ2n) is 4.53. The van der Waals surface area contributed by atoms with Crippen molar-refractivity contribution in [2.75, 3.05) is 0 Å². The first-order chi connectivity index (χ1) is 9.47. The van der Waals surface area contributed by atoms with Gasteiger partial charge in [-0.25, -0.2) is 4.98 Å². The molecule has 0 saturated carbocycles. The molecule has 2 aromatic rings. The number of rotatable bonds is 4. The molecule has 0 saturated heterocycles. The number of nitro groups is 1. The first-order valence-electron chi connectivity index (χ1n) is 6.12. The number of non-ortho nitro benzene ring substituents is 1. The molecule has 1 unspecified atom stereocenters. The summed E-state index contributed by atoms with van der Waals surface area (Å²) in [6.45, 7) is 3.68. The van der Waals surface area contributed by atoms with Crippen LogP contribution in [-0.4, -0.2) is 9.91 Å². The van der Waals surface area contributed by atoms with Gasteiger partial charge in [-0.15, -0.1) is 0 Å². The summed E-state index contributed by atoms with van der Waals surface area (Å²) in [7, 11) is 0. The topological polar surface area (TPSA) is 91.3 Å². The molecule has 0 bridgehead atoms. The first-order valence-corrected chi connectivity index (χ1v) is 6.12. The van der Waals surface area contributed by atoms with Crippen LogP contribution in [0, 0.1) is 17.0 Å². The Kier molecular flexibility index (Phi) is 3.95. The summed E-state index contributed by atoms with van der Waals surface area (Å²) in [6.07, 6.45) is 1.63. The number of nitrogens with two attached hydrogens (primary N) is 1. The first kappa shape index (κ1) is 14.0. The Labute approximate surface area is 116 Å². The highest BCUT2D eigenvalue weighted by Gasteiger charge is 2.11. The van der Waals surface area contributed by atoms with Crippen molar-refractivity contribution in [1.29, 1.82) is 0 Å². The van der Waals surface area contributed by atoms with E-state index in [4.69, 9.17) is 10.5 Å². The Morgan fingerprint density at radius 3 is 2.65 bits per heavy atom. The molecule has 20 heavy (non-hydrogen) atoms. The zero-order valence-corrected chi connectivity index (χ0v) is 11.2. The number of hydrogen-bond acceptors (Lipinski definition) is 5. The van der Waals surface area contributed by atoms with E-state index in [2.05, 4.69) is 4.98 Å². The SMILES string of the molecule is Cc1ccc([N+](=O)[O-])cc1Oc1ccc(C(C)N)cn1. The number of pyridine rings is 1. The van der Waals surface area contributed by atoms with E-state index in [0.29, 0.717) is 11.6 Å². The molecule has 0 spiro atoms. The Bertz CT molecular complexity index is 624. The van der Waals surface area contributed by atoms with Gasteiger partial charge in [0.15, 0.2) is 0 Å². The number of nitro benzene ring substituents is 1. The molecule has 1 heterocycles. The van der Waals surface area contributed by atoms with Crippen LogP contribution in [0.2, 0.25) is 0 Å². The Morgan fingerprint density at radius 1 is 1.35 bits per heavy atom. The summed E-state index contributed by atoms with van der Waals surface area (Å²) >= 11 is 0. The third-order valence-electron chi connectivity index (χ3n) is 2.88. The van der Waals surface area contributed by atoms with Crippen LogP contribution in [-0.2, 0) is 0 Å². The molecule has 1 atom stereocenters. The van der Waals surface area contributed by atoms with Crippen molar-refractivity contribution in [1.82, 2.24) is 4.98 Å². The predicted octanol–water partition coefficient (Wildman–Crippen LogP) is 3.11. The van der Waals surface area contributed by atoms with Crippen LogP contribution in [0.4, 0.5) is 5.69 Å². The van der Waals surface area contributed by atoms with Crippen LogP contribution < -0.4 is 10.5 Å². The fraction of sp³-hybridized carbons (Fsp3) is 0.214. The summed E-state index contributed by atoms with van der Waals surface area (Å²) in [6, 6.07) is 7.88. The van der Waals surface area contributed by atoms with E-state index in [1.807, 2.05) is 19.9 Å². The van der Waals surface area contributed by atoms with Crippen molar-refractivity contribution in [2.24, 2.45) is 5.73 Å². The van der Waals surface area contributed by atoms with E-state index in [0.717, 1.165) is 11.1 Å². The van der Waals surface area contributed by atoms with Gasteiger partial charge >= 0.3 is 0 Å². The van der Waals surface area contributed by atoms with Gasteiger partial charge in [0.1, 0.15) is 5.75 Å². The van der Waals surface area contributed by atoms with Gasteiger partial charge in [-0.2, -0.15) is 0 Å². The quantitative estimate of drug-likeness (QED) is 0.682. The molecular weight excluding hydrogens is 258 g/mol. The Hall–Kier alpha value is -2.47. The van der Waals surface area contributed by atoms with Crippen molar-refractivity contribution in [2.45, 2.75) is 19.9 Å². The van der Waals surface area contributed by atoms with E-state index in [1.54, 1.807) is 18.3 Å². The van der Waals surface area contributed by atoms with Gasteiger partial charge in [0.2, 0.25) is 5.88 Å². The number of hydrogen-bond donors (Lipinski definition) is 1. The lowest BCUT2D eigenvalue weighted by atomic mass is 10.2. The molecule has 0 amide bonds. The zero-order valence-electron chi connectivity index (χ0n) is 11.2. The van der Waals surface area contributed by atoms with E-state index in [1.165, 1.54) is 12.1 Å². The van der Waals surface area contributed by atoms with Crippen LogP contribution in [0.25, 0.3) is 0 Å². The van der Waals surface area contributed by atoms with Crippen LogP contribution >= 0.6 is 0 Å². The van der Waals surface area contributed by atoms with Gasteiger partial charge in [-0.05, 0) is 31.0 Å². The molecule has 0 radical (unpaired) electrons. The highest BCUT2D eigenvalue weighted by molar-refractivity contribution is 5.45. The van der Waals surface area contributed by atoms with Gasteiger partial charge in [0.05, 0.1) is 11.0 Å². The lowest BCUT2D eigenvalue weighted by molar-refractivity contribution is -0.384. The highest BCUT2D eigenvalue weighted by Crippen LogP contribution is 2.28. The van der Waals surface area contributed by atoms with Crippen LogP contribution in [0.5, 0.6) is 11.6 Å². The van der Waals surface area contributed by atoms with Crippen molar-refractivity contribution in [3.8, 4) is 11.6 Å². The van der Waals surface area contributed by atoms with Gasteiger partial charge in [0, 0.05) is 24.4 Å². The van der Waals surface area contributed by atoms with E-state index >= 15 is 0 Å². The zero-order chi connectivity index (χ0) is 14.7. The van der Waals surface area contributed by atoms with Crippen molar-refractivity contribution in [3.05, 3.63) is 57.8 Å². The second kappa shape index (κ2) is 5.66. The Balaban J connectivity index is 2.25. The fourth-order valence-electron chi connectivity index (χ4n) is 1.65. The van der Waals surface area contributed by atoms with E-state index < -0.39 is 4.92 Å². The van der Waals surface area contributed by atoms with Crippen molar-refractivity contribution < 1.29 is 9.66 Å². The number of aryl methyl sites for hydroxylation is 1. The molecule has 0 aliphatic rings. The van der Waals surface area contributed by atoms with Crippen molar-refractivity contribution in [3.63, 3.8) is 0 Å². The lowest BCUT2D eigenvalue weighted by Gasteiger charge is -2.09. The van der Waals surface area contributed by atoms with Crippen LogP contribution in [0.15, 0.2) is 36.5 Å². The maximum Gasteiger partial charge on any atom is 0.273 e. The average molecular weight is 273 g/mol. The summed E-state index contributed by atoms with van der Waals surface area (Å²) < 4.78 is 5.58. The third kappa shape index (κ3) is 3.10.